The molecule has 0 bridgehead atoms. The van der Waals surface area contributed by atoms with Gasteiger partial charge < -0.3 is 10.6 Å². The first-order valence-corrected chi connectivity index (χ1v) is 12.5. The Bertz CT molecular complexity index is 1490. The molecule has 0 unspecified atom stereocenters. The van der Waals surface area contributed by atoms with Crippen LogP contribution >= 0.6 is 0 Å². The Morgan fingerprint density at radius 1 is 0.897 bits per heavy atom. The summed E-state index contributed by atoms with van der Waals surface area (Å²) in [5, 5.41) is 9.81. The lowest BCUT2D eigenvalue weighted by molar-refractivity contribution is -0.130. The number of hydrogen-bond donors (Lipinski definition) is 2. The van der Waals surface area contributed by atoms with Crippen LogP contribution in [0.5, 0.6) is 0 Å². The highest BCUT2D eigenvalue weighted by Gasteiger charge is 2.54. The van der Waals surface area contributed by atoms with Crippen molar-refractivity contribution in [3.8, 4) is 0 Å². The minimum absolute atomic E-state index is 0.166. The van der Waals surface area contributed by atoms with E-state index < -0.39 is 29.8 Å². The van der Waals surface area contributed by atoms with Crippen molar-refractivity contribution in [1.29, 1.82) is 0 Å². The zero-order chi connectivity index (χ0) is 27.6. The van der Waals surface area contributed by atoms with E-state index in [0.29, 0.717) is 22.4 Å². The van der Waals surface area contributed by atoms with Crippen LogP contribution in [-0.4, -0.2) is 44.9 Å². The zero-order valence-corrected chi connectivity index (χ0v) is 21.5. The molecule has 39 heavy (non-hydrogen) atoms. The fourth-order valence-corrected chi connectivity index (χ4v) is 4.81. The SMILES string of the molecule is Cc1cnn(C)c1CC(=O)Nc1ccc(C(=O)CN2C(=O)NC(c3ccccc3)(c3ccccc3)C2=O)cc1. The number of aromatic nitrogens is 2. The number of hydrogen-bond acceptors (Lipinski definition) is 5. The quantitative estimate of drug-likeness (QED) is 0.272. The molecule has 0 aliphatic carbocycles. The van der Waals surface area contributed by atoms with Crippen LogP contribution in [0.1, 0.15) is 32.7 Å². The molecule has 1 fully saturated rings. The third kappa shape index (κ3) is 4.82. The van der Waals surface area contributed by atoms with E-state index in [1.807, 2.05) is 19.1 Å². The monoisotopic (exact) mass is 521 g/mol. The Labute approximate surface area is 225 Å². The van der Waals surface area contributed by atoms with Gasteiger partial charge in [-0.3, -0.25) is 24.0 Å². The molecule has 4 aromatic rings. The highest BCUT2D eigenvalue weighted by Crippen LogP contribution is 2.36. The summed E-state index contributed by atoms with van der Waals surface area (Å²) in [7, 11) is 1.78. The van der Waals surface area contributed by atoms with Gasteiger partial charge in [0.2, 0.25) is 5.91 Å². The van der Waals surface area contributed by atoms with Crippen molar-refractivity contribution in [2.45, 2.75) is 18.9 Å². The molecule has 3 aromatic carbocycles. The predicted octanol–water partition coefficient (Wildman–Crippen LogP) is 3.59. The number of Topliss-reactive ketones (excluding diaryl/α,β-unsaturated/α-hetero) is 1. The number of urea groups is 1. The van der Waals surface area contributed by atoms with E-state index in [1.54, 1.807) is 90.7 Å². The summed E-state index contributed by atoms with van der Waals surface area (Å²) in [6.07, 6.45) is 1.87. The molecule has 0 saturated carbocycles. The number of aryl methyl sites for hydroxylation is 2. The Morgan fingerprint density at radius 3 is 2.03 bits per heavy atom. The van der Waals surface area contributed by atoms with E-state index in [4.69, 9.17) is 0 Å². The first kappa shape index (κ1) is 25.6. The fraction of sp³-hybridized carbons (Fsp3) is 0.167. The van der Waals surface area contributed by atoms with Crippen LogP contribution in [0.4, 0.5) is 10.5 Å². The number of rotatable bonds is 8. The summed E-state index contributed by atoms with van der Waals surface area (Å²) < 4.78 is 1.66. The summed E-state index contributed by atoms with van der Waals surface area (Å²) in [5.41, 5.74) is 2.36. The lowest BCUT2D eigenvalue weighted by atomic mass is 9.82. The third-order valence-corrected chi connectivity index (χ3v) is 6.91. The second-order valence-corrected chi connectivity index (χ2v) is 9.43. The van der Waals surface area contributed by atoms with Gasteiger partial charge in [0.15, 0.2) is 11.3 Å². The van der Waals surface area contributed by atoms with Crippen molar-refractivity contribution < 1.29 is 19.2 Å². The number of amides is 4. The molecule has 196 valence electrons. The van der Waals surface area contributed by atoms with Gasteiger partial charge in [0.25, 0.3) is 5.91 Å². The van der Waals surface area contributed by atoms with Crippen LogP contribution in [0.2, 0.25) is 0 Å². The highest BCUT2D eigenvalue weighted by molar-refractivity contribution is 6.13. The Kier molecular flexibility index (Phi) is 6.81. The molecule has 0 atom stereocenters. The van der Waals surface area contributed by atoms with E-state index in [2.05, 4.69) is 15.7 Å². The molecule has 1 aliphatic rings. The molecule has 9 heteroatoms. The van der Waals surface area contributed by atoms with Gasteiger partial charge in [-0.25, -0.2) is 4.79 Å². The summed E-state index contributed by atoms with van der Waals surface area (Å²) in [5.74, 6) is -1.13. The number of ketones is 1. The zero-order valence-electron chi connectivity index (χ0n) is 21.5. The topological polar surface area (TPSA) is 113 Å². The van der Waals surface area contributed by atoms with Crippen molar-refractivity contribution >= 4 is 29.3 Å². The molecule has 0 radical (unpaired) electrons. The molecular weight excluding hydrogens is 494 g/mol. The maximum absolute atomic E-state index is 13.8. The number of carbonyl (C=O) groups excluding carboxylic acids is 4. The van der Waals surface area contributed by atoms with Crippen LogP contribution in [0.15, 0.2) is 91.1 Å². The minimum atomic E-state index is -1.43. The molecule has 0 spiro atoms. The van der Waals surface area contributed by atoms with Crippen molar-refractivity contribution in [3.05, 3.63) is 119 Å². The van der Waals surface area contributed by atoms with Crippen LogP contribution in [0.3, 0.4) is 0 Å². The van der Waals surface area contributed by atoms with Crippen LogP contribution in [-0.2, 0) is 28.6 Å². The lowest BCUT2D eigenvalue weighted by Gasteiger charge is -2.28. The van der Waals surface area contributed by atoms with Crippen molar-refractivity contribution in [2.24, 2.45) is 7.05 Å². The summed E-state index contributed by atoms with van der Waals surface area (Å²) >= 11 is 0. The minimum Gasteiger partial charge on any atom is -0.326 e. The second kappa shape index (κ2) is 10.4. The van der Waals surface area contributed by atoms with E-state index in [1.165, 1.54) is 0 Å². The van der Waals surface area contributed by atoms with Gasteiger partial charge in [0, 0.05) is 18.3 Å². The van der Waals surface area contributed by atoms with Crippen molar-refractivity contribution in [1.82, 2.24) is 20.0 Å². The number of carbonyl (C=O) groups is 4. The molecule has 1 aliphatic heterocycles. The van der Waals surface area contributed by atoms with Gasteiger partial charge >= 0.3 is 6.03 Å². The number of imide groups is 1. The van der Waals surface area contributed by atoms with Gasteiger partial charge in [0.05, 0.1) is 24.9 Å². The molecule has 1 aromatic heterocycles. The first-order chi connectivity index (χ1) is 18.8. The third-order valence-electron chi connectivity index (χ3n) is 6.91. The largest absolute Gasteiger partial charge is 0.326 e. The smallest absolute Gasteiger partial charge is 0.325 e. The molecule has 5 rings (SSSR count). The molecule has 9 nitrogen and oxygen atoms in total. The molecule has 1 saturated heterocycles. The van der Waals surface area contributed by atoms with Gasteiger partial charge in [-0.15, -0.1) is 0 Å². The van der Waals surface area contributed by atoms with Crippen LogP contribution in [0.25, 0.3) is 0 Å². The molecule has 2 N–H and O–H groups in total. The van der Waals surface area contributed by atoms with Gasteiger partial charge in [-0.1, -0.05) is 60.7 Å². The summed E-state index contributed by atoms with van der Waals surface area (Å²) in [4.78, 5) is 53.4. The van der Waals surface area contributed by atoms with Gasteiger partial charge in [-0.05, 0) is 47.9 Å². The maximum Gasteiger partial charge on any atom is 0.325 e. The second-order valence-electron chi connectivity index (χ2n) is 9.43. The number of anilines is 1. The first-order valence-electron chi connectivity index (χ1n) is 12.5. The van der Waals surface area contributed by atoms with E-state index in [-0.39, 0.29) is 12.3 Å². The Balaban J connectivity index is 1.31. The number of benzene rings is 3. The van der Waals surface area contributed by atoms with Crippen molar-refractivity contribution in [2.75, 3.05) is 11.9 Å². The Morgan fingerprint density at radius 2 is 1.49 bits per heavy atom. The van der Waals surface area contributed by atoms with Gasteiger partial charge in [-0.2, -0.15) is 5.10 Å². The molecular formula is C30H27N5O4. The average molecular weight is 522 g/mol. The molecule has 4 amide bonds. The van der Waals surface area contributed by atoms with Crippen LogP contribution in [0, 0.1) is 6.92 Å². The van der Waals surface area contributed by atoms with Crippen LogP contribution < -0.4 is 10.6 Å². The summed E-state index contributed by atoms with van der Waals surface area (Å²) in [6, 6.07) is 23.7. The highest BCUT2D eigenvalue weighted by atomic mass is 16.2. The predicted molar refractivity (Wildman–Crippen MR) is 145 cm³/mol. The maximum atomic E-state index is 13.8. The normalized spacial score (nSPS) is 14.3. The lowest BCUT2D eigenvalue weighted by Crippen LogP contribution is -2.45. The average Bonchev–Trinajstić information content (AvgIpc) is 3.40. The van der Waals surface area contributed by atoms with E-state index in [9.17, 15) is 19.2 Å². The number of nitrogens with zero attached hydrogens (tertiary/aromatic N) is 3. The summed E-state index contributed by atoms with van der Waals surface area (Å²) in [6.45, 7) is 1.47. The van der Waals surface area contributed by atoms with Crippen molar-refractivity contribution in [3.63, 3.8) is 0 Å². The number of nitrogens with one attached hydrogen (secondary N) is 2. The Hall–Kier alpha value is -5.05. The van der Waals surface area contributed by atoms with E-state index in [0.717, 1.165) is 16.2 Å². The fourth-order valence-electron chi connectivity index (χ4n) is 4.81. The molecule has 2 heterocycles. The van der Waals surface area contributed by atoms with Gasteiger partial charge in [0.1, 0.15) is 0 Å². The standard InChI is InChI=1S/C30H27N5O4/c1-20-18-31-34(2)25(20)17-27(37)32-24-15-13-21(14-16-24)26(36)19-35-28(38)30(33-29(35)39,22-9-5-3-6-10-22)23-11-7-4-8-12-23/h3-16,18H,17,19H2,1-2H3,(H,32,37)(H,33,39). The van der Waals surface area contributed by atoms with E-state index >= 15 is 0 Å².